The third-order valence-corrected chi connectivity index (χ3v) is 5.64. The number of halogens is 2. The number of benzene rings is 1. The zero-order valence-corrected chi connectivity index (χ0v) is 16.4. The highest BCUT2D eigenvalue weighted by atomic mass is 19.2. The summed E-state index contributed by atoms with van der Waals surface area (Å²) in [7, 11) is 0. The Hall–Kier alpha value is -1.69. The monoisotopic (exact) mass is 379 g/mol. The Morgan fingerprint density at radius 1 is 1.19 bits per heavy atom. The molecule has 1 aromatic carbocycles. The van der Waals surface area contributed by atoms with Crippen molar-refractivity contribution in [3.05, 3.63) is 29.8 Å². The van der Waals surface area contributed by atoms with Gasteiger partial charge in [-0.2, -0.15) is 0 Å². The maximum Gasteiger partial charge on any atom is 0.237 e. The average Bonchev–Trinajstić information content (AvgIpc) is 3.11. The zero-order valence-electron chi connectivity index (χ0n) is 16.4. The average molecular weight is 379 g/mol. The molecule has 0 aliphatic carbocycles. The number of anilines is 1. The van der Waals surface area contributed by atoms with Gasteiger partial charge in [-0.25, -0.2) is 8.78 Å². The summed E-state index contributed by atoms with van der Waals surface area (Å²) in [5.74, 6) is -0.601. The summed E-state index contributed by atoms with van der Waals surface area (Å²) in [6, 6.07) is 4.03. The van der Waals surface area contributed by atoms with Crippen LogP contribution in [0, 0.1) is 23.5 Å². The number of nitrogens with zero attached hydrogens (tertiary/aromatic N) is 2. The first kappa shape index (κ1) is 20.1. The van der Waals surface area contributed by atoms with Crippen LogP contribution in [0.1, 0.15) is 39.5 Å². The topological polar surface area (TPSA) is 35.6 Å². The van der Waals surface area contributed by atoms with Crippen LogP contribution in [0.5, 0.6) is 0 Å². The lowest BCUT2D eigenvalue weighted by Crippen LogP contribution is -2.51. The van der Waals surface area contributed by atoms with E-state index in [1.54, 1.807) is 6.07 Å². The lowest BCUT2D eigenvalue weighted by molar-refractivity contribution is -0.128. The van der Waals surface area contributed by atoms with Crippen LogP contribution in [0.2, 0.25) is 0 Å². The van der Waals surface area contributed by atoms with Gasteiger partial charge in [0.25, 0.3) is 0 Å². The van der Waals surface area contributed by atoms with Gasteiger partial charge in [0.05, 0.1) is 6.04 Å². The Balaban J connectivity index is 1.49. The standard InChI is InChI=1S/C21H31F2N3O/c1-15(2)13-26-9-4-3-5-20(26)21(27)24-12-16-8-10-25(14-16)17-6-7-18(22)19(23)11-17/h6-7,11,15-16,20H,3-5,8-10,12-14H2,1-2H3,(H,24,27)/t16-,20+/m0/s1. The van der Waals surface area contributed by atoms with Crippen LogP contribution in [-0.4, -0.2) is 49.6 Å². The molecule has 2 saturated heterocycles. The van der Waals surface area contributed by atoms with Gasteiger partial charge in [-0.05, 0) is 49.8 Å². The molecule has 2 atom stereocenters. The fraction of sp³-hybridized carbons (Fsp3) is 0.667. The smallest absolute Gasteiger partial charge is 0.237 e. The number of amides is 1. The molecule has 1 amide bonds. The Morgan fingerprint density at radius 2 is 2.00 bits per heavy atom. The molecule has 3 rings (SSSR count). The Morgan fingerprint density at radius 3 is 2.74 bits per heavy atom. The van der Waals surface area contributed by atoms with Gasteiger partial charge in [0.1, 0.15) is 0 Å². The third kappa shape index (κ3) is 5.18. The zero-order chi connectivity index (χ0) is 19.4. The molecule has 6 heteroatoms. The second kappa shape index (κ2) is 9.00. The number of rotatable bonds is 6. The van der Waals surface area contributed by atoms with Crippen molar-refractivity contribution in [2.75, 3.05) is 37.6 Å². The summed E-state index contributed by atoms with van der Waals surface area (Å²) >= 11 is 0. The maximum absolute atomic E-state index is 13.5. The van der Waals surface area contributed by atoms with Crippen LogP contribution >= 0.6 is 0 Å². The summed E-state index contributed by atoms with van der Waals surface area (Å²) in [5.41, 5.74) is 0.707. The highest BCUT2D eigenvalue weighted by Crippen LogP contribution is 2.25. The maximum atomic E-state index is 13.5. The summed E-state index contributed by atoms with van der Waals surface area (Å²) in [6.07, 6.45) is 4.16. The number of hydrogen-bond acceptors (Lipinski definition) is 3. The molecule has 0 saturated carbocycles. The first-order chi connectivity index (χ1) is 12.9. The highest BCUT2D eigenvalue weighted by Gasteiger charge is 2.30. The van der Waals surface area contributed by atoms with Gasteiger partial charge in [-0.15, -0.1) is 0 Å². The fourth-order valence-electron chi connectivity index (χ4n) is 4.25. The molecule has 4 nitrogen and oxygen atoms in total. The second-order valence-electron chi connectivity index (χ2n) is 8.34. The minimum absolute atomic E-state index is 0.00940. The fourth-order valence-corrected chi connectivity index (χ4v) is 4.25. The molecule has 1 N–H and O–H groups in total. The molecule has 2 aliphatic heterocycles. The molecule has 2 fully saturated rings. The number of piperidine rings is 1. The highest BCUT2D eigenvalue weighted by molar-refractivity contribution is 5.81. The lowest BCUT2D eigenvalue weighted by Gasteiger charge is -2.35. The normalized spacial score (nSPS) is 23.8. The van der Waals surface area contributed by atoms with Crippen molar-refractivity contribution < 1.29 is 13.6 Å². The van der Waals surface area contributed by atoms with E-state index in [1.807, 2.05) is 0 Å². The van der Waals surface area contributed by atoms with E-state index in [9.17, 15) is 13.6 Å². The van der Waals surface area contributed by atoms with Crippen molar-refractivity contribution in [2.24, 2.45) is 11.8 Å². The van der Waals surface area contributed by atoms with Crippen LogP contribution in [0.3, 0.4) is 0 Å². The summed E-state index contributed by atoms with van der Waals surface area (Å²) in [5, 5.41) is 3.15. The van der Waals surface area contributed by atoms with Crippen LogP contribution in [-0.2, 0) is 4.79 Å². The molecule has 27 heavy (non-hydrogen) atoms. The molecule has 0 radical (unpaired) electrons. The van der Waals surface area contributed by atoms with E-state index >= 15 is 0 Å². The molecule has 0 bridgehead atoms. The molecule has 2 heterocycles. The van der Waals surface area contributed by atoms with Crippen molar-refractivity contribution in [1.29, 1.82) is 0 Å². The number of likely N-dealkylation sites (tertiary alicyclic amines) is 1. The number of carbonyl (C=O) groups is 1. The van der Waals surface area contributed by atoms with Crippen molar-refractivity contribution in [3.63, 3.8) is 0 Å². The first-order valence-electron chi connectivity index (χ1n) is 10.2. The summed E-state index contributed by atoms with van der Waals surface area (Å²) in [6.45, 7) is 8.55. The second-order valence-corrected chi connectivity index (χ2v) is 8.34. The largest absolute Gasteiger partial charge is 0.371 e. The van der Waals surface area contributed by atoms with Crippen LogP contribution in [0.4, 0.5) is 14.5 Å². The Kier molecular flexibility index (Phi) is 6.68. The van der Waals surface area contributed by atoms with E-state index in [4.69, 9.17) is 0 Å². The van der Waals surface area contributed by atoms with Crippen molar-refractivity contribution in [1.82, 2.24) is 10.2 Å². The summed E-state index contributed by atoms with van der Waals surface area (Å²) in [4.78, 5) is 17.1. The van der Waals surface area contributed by atoms with E-state index in [1.165, 1.54) is 18.6 Å². The Labute approximate surface area is 160 Å². The molecule has 0 unspecified atom stereocenters. The van der Waals surface area contributed by atoms with Crippen molar-refractivity contribution in [3.8, 4) is 0 Å². The van der Waals surface area contributed by atoms with Gasteiger partial charge in [0, 0.05) is 37.9 Å². The number of hydrogen-bond donors (Lipinski definition) is 1. The van der Waals surface area contributed by atoms with Crippen LogP contribution < -0.4 is 10.2 Å². The molecule has 150 valence electrons. The van der Waals surface area contributed by atoms with Gasteiger partial charge in [-0.3, -0.25) is 9.69 Å². The molecule has 2 aliphatic rings. The van der Waals surface area contributed by atoms with E-state index in [0.29, 0.717) is 24.1 Å². The third-order valence-electron chi connectivity index (χ3n) is 5.64. The molecule has 1 aromatic rings. The lowest BCUT2D eigenvalue weighted by atomic mass is 9.99. The number of nitrogens with one attached hydrogen (secondary N) is 1. The minimum Gasteiger partial charge on any atom is -0.371 e. The quantitative estimate of drug-likeness (QED) is 0.823. The van der Waals surface area contributed by atoms with Crippen molar-refractivity contribution >= 4 is 11.6 Å². The minimum atomic E-state index is -0.819. The molecule has 0 aromatic heterocycles. The molecular formula is C21H31F2N3O. The van der Waals surface area contributed by atoms with E-state index in [-0.39, 0.29) is 11.9 Å². The predicted octanol–water partition coefficient (Wildman–Crippen LogP) is 3.42. The molecule has 0 spiro atoms. The van der Waals surface area contributed by atoms with Crippen LogP contribution in [0.15, 0.2) is 18.2 Å². The predicted molar refractivity (Wildman–Crippen MR) is 104 cm³/mol. The van der Waals surface area contributed by atoms with Gasteiger partial charge >= 0.3 is 0 Å². The van der Waals surface area contributed by atoms with Crippen LogP contribution in [0.25, 0.3) is 0 Å². The first-order valence-corrected chi connectivity index (χ1v) is 10.2. The van der Waals surface area contributed by atoms with Gasteiger partial charge in [0.2, 0.25) is 5.91 Å². The number of carbonyl (C=O) groups excluding carboxylic acids is 1. The van der Waals surface area contributed by atoms with E-state index in [2.05, 4.69) is 29.0 Å². The molecular weight excluding hydrogens is 348 g/mol. The van der Waals surface area contributed by atoms with Gasteiger partial charge in [0.15, 0.2) is 11.6 Å². The van der Waals surface area contributed by atoms with E-state index < -0.39 is 11.6 Å². The summed E-state index contributed by atoms with van der Waals surface area (Å²) < 4.78 is 26.6. The van der Waals surface area contributed by atoms with Crippen molar-refractivity contribution in [2.45, 2.75) is 45.6 Å². The SMILES string of the molecule is CC(C)CN1CCCC[C@@H]1C(=O)NC[C@@H]1CCN(c2ccc(F)c(F)c2)C1. The van der Waals surface area contributed by atoms with Gasteiger partial charge in [-0.1, -0.05) is 20.3 Å². The Bertz CT molecular complexity index is 652. The van der Waals surface area contributed by atoms with E-state index in [0.717, 1.165) is 45.4 Å². The van der Waals surface area contributed by atoms with Gasteiger partial charge < -0.3 is 10.2 Å².